The van der Waals surface area contributed by atoms with Gasteiger partial charge in [0.25, 0.3) is 0 Å². The molecular formula is C11H17N3O. The van der Waals surface area contributed by atoms with Crippen LogP contribution in [0.4, 0.5) is 11.5 Å². The van der Waals surface area contributed by atoms with Crippen LogP contribution in [0.15, 0.2) is 18.3 Å². The molecule has 2 rings (SSSR count). The lowest BCUT2D eigenvalue weighted by Gasteiger charge is -2.22. The predicted octanol–water partition coefficient (Wildman–Crippen LogP) is 1.28. The first-order valence-corrected chi connectivity index (χ1v) is 5.30. The topological polar surface area (TPSA) is 51.4 Å². The highest BCUT2D eigenvalue weighted by atomic mass is 16.5. The Morgan fingerprint density at radius 3 is 3.07 bits per heavy atom. The van der Waals surface area contributed by atoms with Crippen molar-refractivity contribution in [3.8, 4) is 0 Å². The van der Waals surface area contributed by atoms with Crippen LogP contribution in [0.2, 0.25) is 0 Å². The molecule has 4 heteroatoms. The Balaban J connectivity index is 1.94. The normalized spacial score (nSPS) is 20.5. The highest BCUT2D eigenvalue weighted by Crippen LogP contribution is 2.17. The molecule has 1 aromatic rings. The quantitative estimate of drug-likeness (QED) is 0.811. The van der Waals surface area contributed by atoms with E-state index in [-0.39, 0.29) is 0 Å². The number of nitrogens with zero attached hydrogens (tertiary/aromatic N) is 2. The molecule has 0 aromatic carbocycles. The van der Waals surface area contributed by atoms with Crippen molar-refractivity contribution in [1.82, 2.24) is 4.98 Å². The maximum atomic E-state index is 5.58. The van der Waals surface area contributed by atoms with Crippen LogP contribution in [0.25, 0.3) is 0 Å². The van der Waals surface area contributed by atoms with Gasteiger partial charge in [0, 0.05) is 20.2 Å². The van der Waals surface area contributed by atoms with Gasteiger partial charge in [-0.05, 0) is 25.0 Å². The standard InChI is InChI=1S/C11H17N3O/c1-14(8-10-3-2-6-15-10)9-4-5-11(12)13-7-9/h4-5,7,10H,2-3,6,8H2,1H3,(H2,12,13). The smallest absolute Gasteiger partial charge is 0.123 e. The monoisotopic (exact) mass is 207 g/mol. The van der Waals surface area contributed by atoms with Crippen molar-refractivity contribution >= 4 is 11.5 Å². The van der Waals surface area contributed by atoms with Crippen molar-refractivity contribution in [3.63, 3.8) is 0 Å². The van der Waals surface area contributed by atoms with Crippen molar-refractivity contribution < 1.29 is 4.74 Å². The Bertz CT molecular complexity index is 306. The molecule has 0 aliphatic carbocycles. The zero-order valence-corrected chi connectivity index (χ0v) is 9.02. The van der Waals surface area contributed by atoms with E-state index < -0.39 is 0 Å². The largest absolute Gasteiger partial charge is 0.384 e. The predicted molar refractivity (Wildman–Crippen MR) is 60.9 cm³/mol. The minimum atomic E-state index is 0.368. The van der Waals surface area contributed by atoms with Gasteiger partial charge in [0.1, 0.15) is 5.82 Å². The lowest BCUT2D eigenvalue weighted by atomic mass is 10.2. The summed E-state index contributed by atoms with van der Waals surface area (Å²) in [4.78, 5) is 6.23. The molecule has 1 saturated heterocycles. The molecule has 0 bridgehead atoms. The second kappa shape index (κ2) is 4.49. The Kier molecular flexibility index (Phi) is 3.06. The van der Waals surface area contributed by atoms with E-state index in [1.807, 2.05) is 12.1 Å². The highest BCUT2D eigenvalue weighted by molar-refractivity contribution is 5.47. The van der Waals surface area contributed by atoms with E-state index in [0.717, 1.165) is 25.3 Å². The van der Waals surface area contributed by atoms with Gasteiger partial charge in [-0.2, -0.15) is 0 Å². The van der Waals surface area contributed by atoms with E-state index in [1.54, 1.807) is 6.20 Å². The molecule has 0 radical (unpaired) electrons. The maximum absolute atomic E-state index is 5.58. The van der Waals surface area contributed by atoms with Gasteiger partial charge in [-0.25, -0.2) is 4.98 Å². The average Bonchev–Trinajstić information content (AvgIpc) is 2.71. The summed E-state index contributed by atoms with van der Waals surface area (Å²) in [6.45, 7) is 1.82. The first kappa shape index (κ1) is 10.2. The van der Waals surface area contributed by atoms with Gasteiger partial charge in [0.15, 0.2) is 0 Å². The summed E-state index contributed by atoms with van der Waals surface area (Å²) in [6, 6.07) is 3.80. The van der Waals surface area contributed by atoms with E-state index in [4.69, 9.17) is 10.5 Å². The van der Waals surface area contributed by atoms with Crippen molar-refractivity contribution in [3.05, 3.63) is 18.3 Å². The van der Waals surface area contributed by atoms with E-state index in [9.17, 15) is 0 Å². The number of hydrogen-bond donors (Lipinski definition) is 1. The van der Waals surface area contributed by atoms with Crippen LogP contribution in [-0.4, -0.2) is 31.3 Å². The molecule has 1 unspecified atom stereocenters. The van der Waals surface area contributed by atoms with Crippen LogP contribution in [0.1, 0.15) is 12.8 Å². The second-order valence-corrected chi connectivity index (χ2v) is 3.96. The van der Waals surface area contributed by atoms with Gasteiger partial charge in [-0.3, -0.25) is 0 Å². The van der Waals surface area contributed by atoms with E-state index in [1.165, 1.54) is 6.42 Å². The summed E-state index contributed by atoms with van der Waals surface area (Å²) >= 11 is 0. The Morgan fingerprint density at radius 2 is 2.47 bits per heavy atom. The third-order valence-corrected chi connectivity index (χ3v) is 2.71. The molecule has 1 fully saturated rings. The average molecular weight is 207 g/mol. The fourth-order valence-corrected chi connectivity index (χ4v) is 1.82. The number of hydrogen-bond acceptors (Lipinski definition) is 4. The van der Waals surface area contributed by atoms with Gasteiger partial charge in [-0.15, -0.1) is 0 Å². The third-order valence-electron chi connectivity index (χ3n) is 2.71. The van der Waals surface area contributed by atoms with Crippen LogP contribution in [-0.2, 0) is 4.74 Å². The first-order chi connectivity index (χ1) is 7.25. The summed E-state index contributed by atoms with van der Waals surface area (Å²) in [5.41, 5.74) is 6.62. The Labute approximate surface area is 90.0 Å². The lowest BCUT2D eigenvalue weighted by molar-refractivity contribution is 0.116. The number of anilines is 2. The number of ether oxygens (including phenoxy) is 1. The number of rotatable bonds is 3. The molecule has 2 heterocycles. The van der Waals surface area contributed by atoms with Crippen LogP contribution in [0, 0.1) is 0 Å². The fraction of sp³-hybridized carbons (Fsp3) is 0.545. The summed E-state index contributed by atoms with van der Waals surface area (Å²) in [5.74, 6) is 0.560. The number of nitrogen functional groups attached to an aromatic ring is 1. The zero-order valence-electron chi connectivity index (χ0n) is 9.02. The Hall–Kier alpha value is -1.29. The number of nitrogens with two attached hydrogens (primary N) is 1. The first-order valence-electron chi connectivity index (χ1n) is 5.30. The molecule has 1 atom stereocenters. The second-order valence-electron chi connectivity index (χ2n) is 3.96. The van der Waals surface area contributed by atoms with Gasteiger partial charge in [0.2, 0.25) is 0 Å². The summed E-state index contributed by atoms with van der Waals surface area (Å²) in [7, 11) is 2.05. The zero-order chi connectivity index (χ0) is 10.7. The molecule has 0 amide bonds. The Morgan fingerprint density at radius 1 is 1.60 bits per heavy atom. The molecule has 2 N–H and O–H groups in total. The van der Waals surface area contributed by atoms with Crippen molar-refractivity contribution in [2.24, 2.45) is 0 Å². The SMILES string of the molecule is CN(CC1CCCO1)c1ccc(N)nc1. The molecule has 0 saturated carbocycles. The number of likely N-dealkylation sites (N-methyl/N-ethyl adjacent to an activating group) is 1. The molecule has 1 aliphatic rings. The molecule has 0 spiro atoms. The molecule has 1 aromatic heterocycles. The lowest BCUT2D eigenvalue weighted by Crippen LogP contribution is -2.28. The van der Waals surface area contributed by atoms with Gasteiger partial charge < -0.3 is 15.4 Å². The van der Waals surface area contributed by atoms with Crippen LogP contribution < -0.4 is 10.6 Å². The van der Waals surface area contributed by atoms with Crippen molar-refractivity contribution in [2.45, 2.75) is 18.9 Å². The minimum absolute atomic E-state index is 0.368. The third kappa shape index (κ3) is 2.59. The summed E-state index contributed by atoms with van der Waals surface area (Å²) in [5, 5.41) is 0. The molecular weight excluding hydrogens is 190 g/mol. The van der Waals surface area contributed by atoms with Crippen LogP contribution in [0.5, 0.6) is 0 Å². The van der Waals surface area contributed by atoms with Crippen molar-refractivity contribution in [2.75, 3.05) is 30.8 Å². The van der Waals surface area contributed by atoms with E-state index >= 15 is 0 Å². The number of aromatic nitrogens is 1. The fourth-order valence-electron chi connectivity index (χ4n) is 1.82. The number of pyridine rings is 1. The molecule has 1 aliphatic heterocycles. The molecule has 15 heavy (non-hydrogen) atoms. The van der Waals surface area contributed by atoms with Gasteiger partial charge >= 0.3 is 0 Å². The minimum Gasteiger partial charge on any atom is -0.384 e. The van der Waals surface area contributed by atoms with Gasteiger partial charge in [-0.1, -0.05) is 0 Å². The summed E-state index contributed by atoms with van der Waals surface area (Å²) in [6.07, 6.45) is 4.50. The van der Waals surface area contributed by atoms with E-state index in [2.05, 4.69) is 16.9 Å². The maximum Gasteiger partial charge on any atom is 0.123 e. The molecule has 82 valence electrons. The summed E-state index contributed by atoms with van der Waals surface area (Å²) < 4.78 is 5.58. The molecule has 4 nitrogen and oxygen atoms in total. The van der Waals surface area contributed by atoms with Crippen LogP contribution >= 0.6 is 0 Å². The van der Waals surface area contributed by atoms with Crippen molar-refractivity contribution in [1.29, 1.82) is 0 Å². The van der Waals surface area contributed by atoms with E-state index in [0.29, 0.717) is 11.9 Å². The highest BCUT2D eigenvalue weighted by Gasteiger charge is 2.17. The van der Waals surface area contributed by atoms with Crippen LogP contribution in [0.3, 0.4) is 0 Å². The van der Waals surface area contributed by atoms with Gasteiger partial charge in [0.05, 0.1) is 18.0 Å².